The quantitative estimate of drug-likeness (QED) is 0.654. The molecule has 94 valence electrons. The highest BCUT2D eigenvalue weighted by Crippen LogP contribution is 2.27. The molecule has 1 aromatic carbocycles. The van der Waals surface area contributed by atoms with Crippen molar-refractivity contribution in [3.63, 3.8) is 0 Å². The number of ketones is 1. The first-order chi connectivity index (χ1) is 8.66. The second kappa shape index (κ2) is 5.63. The van der Waals surface area contributed by atoms with Crippen LogP contribution in [0.3, 0.4) is 0 Å². The minimum Gasteiger partial charge on any atom is -0.481 e. The lowest BCUT2D eigenvalue weighted by Gasteiger charge is -2.21. The largest absolute Gasteiger partial charge is 0.481 e. The molecule has 3 nitrogen and oxygen atoms in total. The molecule has 0 spiro atoms. The fourth-order valence-corrected chi connectivity index (χ4v) is 2.31. The van der Waals surface area contributed by atoms with Gasteiger partial charge in [-0.3, -0.25) is 9.59 Å². The molecule has 0 radical (unpaired) electrons. The molecule has 0 saturated heterocycles. The average molecular weight is 244 g/mol. The van der Waals surface area contributed by atoms with E-state index in [-0.39, 0.29) is 17.6 Å². The van der Waals surface area contributed by atoms with Crippen LogP contribution in [0.15, 0.2) is 42.5 Å². The van der Waals surface area contributed by atoms with Crippen LogP contribution in [0.5, 0.6) is 0 Å². The second-order valence-corrected chi connectivity index (χ2v) is 4.69. The predicted octanol–water partition coefficient (Wildman–Crippen LogP) is 2.93. The van der Waals surface area contributed by atoms with Crippen molar-refractivity contribution in [1.82, 2.24) is 0 Å². The van der Waals surface area contributed by atoms with Crippen LogP contribution in [0.1, 0.15) is 29.6 Å². The summed E-state index contributed by atoms with van der Waals surface area (Å²) < 4.78 is 0. The van der Waals surface area contributed by atoms with E-state index < -0.39 is 5.97 Å². The summed E-state index contributed by atoms with van der Waals surface area (Å²) in [6.07, 6.45) is 5.38. The molecule has 0 bridgehead atoms. The summed E-state index contributed by atoms with van der Waals surface area (Å²) in [6.45, 7) is 0. The highest BCUT2D eigenvalue weighted by molar-refractivity contribution is 5.96. The molecule has 0 aliphatic heterocycles. The van der Waals surface area contributed by atoms with Crippen LogP contribution in [-0.2, 0) is 4.79 Å². The van der Waals surface area contributed by atoms with Crippen LogP contribution in [0.2, 0.25) is 0 Å². The van der Waals surface area contributed by atoms with Gasteiger partial charge in [-0.1, -0.05) is 42.5 Å². The van der Waals surface area contributed by atoms with Crippen molar-refractivity contribution in [3.05, 3.63) is 48.0 Å². The average Bonchev–Trinajstić information content (AvgIpc) is 2.40. The van der Waals surface area contributed by atoms with Crippen LogP contribution in [-0.4, -0.2) is 16.9 Å². The Labute approximate surface area is 106 Å². The van der Waals surface area contributed by atoms with E-state index in [0.29, 0.717) is 24.8 Å². The maximum atomic E-state index is 12.0. The van der Waals surface area contributed by atoms with Gasteiger partial charge in [0.2, 0.25) is 0 Å². The number of carbonyl (C=O) groups excluding carboxylic acids is 1. The van der Waals surface area contributed by atoms with Crippen LogP contribution in [0.25, 0.3) is 0 Å². The van der Waals surface area contributed by atoms with E-state index >= 15 is 0 Å². The summed E-state index contributed by atoms with van der Waals surface area (Å²) in [5.74, 6) is -0.982. The molecule has 2 atom stereocenters. The third-order valence-electron chi connectivity index (χ3n) is 3.31. The van der Waals surface area contributed by atoms with Gasteiger partial charge in [0.05, 0.1) is 5.92 Å². The van der Waals surface area contributed by atoms with Gasteiger partial charge < -0.3 is 5.11 Å². The van der Waals surface area contributed by atoms with Crippen LogP contribution in [0.4, 0.5) is 0 Å². The number of hydrogen-bond acceptors (Lipinski definition) is 2. The van der Waals surface area contributed by atoms with E-state index in [0.717, 1.165) is 0 Å². The van der Waals surface area contributed by atoms with E-state index in [1.807, 2.05) is 30.4 Å². The molecule has 0 heterocycles. The van der Waals surface area contributed by atoms with Gasteiger partial charge in [-0.2, -0.15) is 0 Å². The number of carboxylic acid groups (broad SMARTS) is 1. The summed E-state index contributed by atoms with van der Waals surface area (Å²) in [5.41, 5.74) is 0.698. The Morgan fingerprint density at radius 3 is 2.61 bits per heavy atom. The second-order valence-electron chi connectivity index (χ2n) is 4.69. The van der Waals surface area contributed by atoms with Crippen molar-refractivity contribution in [2.45, 2.75) is 19.3 Å². The lowest BCUT2D eigenvalue weighted by molar-refractivity contribution is -0.142. The van der Waals surface area contributed by atoms with Crippen molar-refractivity contribution in [2.24, 2.45) is 11.8 Å². The number of rotatable bonds is 4. The Balaban J connectivity index is 1.98. The van der Waals surface area contributed by atoms with E-state index in [1.54, 1.807) is 12.1 Å². The summed E-state index contributed by atoms with van der Waals surface area (Å²) in [4.78, 5) is 22.9. The van der Waals surface area contributed by atoms with Gasteiger partial charge in [0.25, 0.3) is 0 Å². The minimum atomic E-state index is -0.767. The molecule has 1 aromatic rings. The maximum Gasteiger partial charge on any atom is 0.306 e. The van der Waals surface area contributed by atoms with Crippen molar-refractivity contribution < 1.29 is 14.7 Å². The predicted molar refractivity (Wildman–Crippen MR) is 68.4 cm³/mol. The smallest absolute Gasteiger partial charge is 0.306 e. The molecule has 1 N–H and O–H groups in total. The number of hydrogen-bond donors (Lipinski definition) is 1. The molecule has 1 aliphatic carbocycles. The first-order valence-corrected chi connectivity index (χ1v) is 6.14. The number of aliphatic carboxylic acids is 1. The van der Waals surface area contributed by atoms with E-state index in [2.05, 4.69) is 0 Å². The number of carbonyl (C=O) groups is 2. The molecule has 0 saturated carbocycles. The third-order valence-corrected chi connectivity index (χ3v) is 3.31. The van der Waals surface area contributed by atoms with Crippen LogP contribution >= 0.6 is 0 Å². The Kier molecular flexibility index (Phi) is 3.92. The van der Waals surface area contributed by atoms with Gasteiger partial charge in [0.15, 0.2) is 5.78 Å². The molecule has 0 aromatic heterocycles. The molecule has 1 aliphatic rings. The zero-order valence-corrected chi connectivity index (χ0v) is 10.1. The lowest BCUT2D eigenvalue weighted by atomic mass is 9.83. The van der Waals surface area contributed by atoms with Gasteiger partial charge in [0, 0.05) is 12.0 Å². The fourth-order valence-electron chi connectivity index (χ4n) is 2.31. The van der Waals surface area contributed by atoms with Crippen molar-refractivity contribution in [2.75, 3.05) is 0 Å². The molecule has 0 fully saturated rings. The summed E-state index contributed by atoms with van der Waals surface area (Å²) >= 11 is 0. The first-order valence-electron chi connectivity index (χ1n) is 6.14. The van der Waals surface area contributed by atoms with Crippen LogP contribution < -0.4 is 0 Å². The molecule has 2 rings (SSSR count). The highest BCUT2D eigenvalue weighted by atomic mass is 16.4. The van der Waals surface area contributed by atoms with Gasteiger partial charge in [-0.05, 0) is 18.8 Å². The van der Waals surface area contributed by atoms with E-state index in [4.69, 9.17) is 5.11 Å². The van der Waals surface area contributed by atoms with Gasteiger partial charge in [0.1, 0.15) is 0 Å². The highest BCUT2D eigenvalue weighted by Gasteiger charge is 2.25. The molecule has 3 heteroatoms. The molecule has 0 unspecified atom stereocenters. The maximum absolute atomic E-state index is 12.0. The monoisotopic (exact) mass is 244 g/mol. The van der Waals surface area contributed by atoms with E-state index in [9.17, 15) is 9.59 Å². The lowest BCUT2D eigenvalue weighted by Crippen LogP contribution is -2.21. The Hall–Kier alpha value is -1.90. The Morgan fingerprint density at radius 1 is 1.22 bits per heavy atom. The number of Topliss-reactive ketones (excluding diaryl/α,β-unsaturated/α-hetero) is 1. The van der Waals surface area contributed by atoms with E-state index in [1.165, 1.54) is 0 Å². The summed E-state index contributed by atoms with van der Waals surface area (Å²) in [5, 5.41) is 8.99. The number of benzene rings is 1. The number of allylic oxidation sites excluding steroid dienone is 2. The molecular weight excluding hydrogens is 228 g/mol. The standard InChI is InChI=1S/C15H16O3/c16-14(12-6-2-1-3-7-12)10-11-5-4-8-13(9-11)15(17)18/h1-7,11,13H,8-10H2,(H,17,18)/t11-,13+/m1/s1. The van der Waals surface area contributed by atoms with Gasteiger partial charge >= 0.3 is 5.97 Å². The summed E-state index contributed by atoms with van der Waals surface area (Å²) in [7, 11) is 0. The Bertz CT molecular complexity index is 462. The molecular formula is C15H16O3. The van der Waals surface area contributed by atoms with Crippen molar-refractivity contribution >= 4 is 11.8 Å². The van der Waals surface area contributed by atoms with Gasteiger partial charge in [-0.25, -0.2) is 0 Å². The van der Waals surface area contributed by atoms with Crippen LogP contribution in [0, 0.1) is 11.8 Å². The van der Waals surface area contributed by atoms with Gasteiger partial charge in [-0.15, -0.1) is 0 Å². The van der Waals surface area contributed by atoms with Crippen molar-refractivity contribution in [1.29, 1.82) is 0 Å². The minimum absolute atomic E-state index is 0.0487. The zero-order valence-electron chi connectivity index (χ0n) is 10.1. The zero-order chi connectivity index (χ0) is 13.0. The SMILES string of the molecule is O=C(C[C@@H]1C=CC[C@H](C(=O)O)C1)c1ccccc1. The molecule has 0 amide bonds. The Morgan fingerprint density at radius 2 is 1.94 bits per heavy atom. The van der Waals surface area contributed by atoms with Crippen molar-refractivity contribution in [3.8, 4) is 0 Å². The fraction of sp³-hybridized carbons (Fsp3) is 0.333. The first kappa shape index (κ1) is 12.6. The normalized spacial score (nSPS) is 22.7. The molecule has 18 heavy (non-hydrogen) atoms. The third kappa shape index (κ3) is 3.06. The topological polar surface area (TPSA) is 54.4 Å². The number of carboxylic acids is 1. The summed E-state index contributed by atoms with van der Waals surface area (Å²) in [6, 6.07) is 9.14.